The lowest BCUT2D eigenvalue weighted by atomic mass is 10.1. The van der Waals surface area contributed by atoms with Gasteiger partial charge < -0.3 is 10.3 Å². The van der Waals surface area contributed by atoms with Crippen molar-refractivity contribution in [2.24, 2.45) is 5.84 Å². The van der Waals surface area contributed by atoms with E-state index in [9.17, 15) is 9.18 Å². The van der Waals surface area contributed by atoms with E-state index in [0.29, 0.717) is 0 Å². The Balaban J connectivity index is 2.17. The Morgan fingerprint density at radius 2 is 2.19 bits per heavy atom. The normalized spacial score (nSPS) is 12.0. The van der Waals surface area contributed by atoms with Gasteiger partial charge in [0.05, 0.1) is 11.3 Å². The van der Waals surface area contributed by atoms with E-state index >= 15 is 0 Å². The fraction of sp³-hybridized carbons (Fsp3) is 0.267. The van der Waals surface area contributed by atoms with E-state index in [2.05, 4.69) is 5.43 Å². The molecule has 2 aromatic rings. The van der Waals surface area contributed by atoms with Gasteiger partial charge >= 0.3 is 0 Å². The molecule has 1 atom stereocenters. The van der Waals surface area contributed by atoms with Gasteiger partial charge in [0.15, 0.2) is 0 Å². The number of rotatable bonds is 5. The molecule has 1 unspecified atom stereocenters. The number of carbonyl (C=O) groups is 1. The van der Waals surface area contributed by atoms with Crippen molar-refractivity contribution in [3.05, 3.63) is 52.0 Å². The van der Waals surface area contributed by atoms with Gasteiger partial charge in [0.25, 0.3) is 5.91 Å². The standard InChI is InChI=1S/C15H18FN3OS/c1-10(9-11-5-4-8-21-11)19(2)15(20)12-6-3-7-13(16)14(12)18-17/h3-8,10,18H,9,17H2,1-2H3. The molecule has 1 aromatic heterocycles. The van der Waals surface area contributed by atoms with E-state index in [1.165, 1.54) is 17.0 Å². The van der Waals surface area contributed by atoms with Gasteiger partial charge in [0.2, 0.25) is 0 Å². The first-order chi connectivity index (χ1) is 10.0. The van der Waals surface area contributed by atoms with Gasteiger partial charge in [-0.15, -0.1) is 11.3 Å². The molecule has 0 aliphatic carbocycles. The summed E-state index contributed by atoms with van der Waals surface area (Å²) in [5, 5.41) is 2.01. The fourth-order valence-electron chi connectivity index (χ4n) is 2.10. The van der Waals surface area contributed by atoms with E-state index in [1.807, 2.05) is 24.4 Å². The molecular weight excluding hydrogens is 289 g/mol. The zero-order valence-electron chi connectivity index (χ0n) is 12.0. The Morgan fingerprint density at radius 3 is 2.81 bits per heavy atom. The minimum absolute atomic E-state index is 0.00467. The highest BCUT2D eigenvalue weighted by Gasteiger charge is 2.22. The number of hydrazine groups is 1. The molecular formula is C15H18FN3OS. The highest BCUT2D eigenvalue weighted by molar-refractivity contribution is 7.09. The Hall–Kier alpha value is -1.92. The Bertz CT molecular complexity index is 615. The first-order valence-corrected chi connectivity index (χ1v) is 7.47. The number of anilines is 1. The highest BCUT2D eigenvalue weighted by Crippen LogP contribution is 2.22. The maximum Gasteiger partial charge on any atom is 0.256 e. The lowest BCUT2D eigenvalue weighted by Gasteiger charge is -2.25. The predicted octanol–water partition coefficient (Wildman–Crippen LogP) is 2.88. The molecule has 4 nitrogen and oxygen atoms in total. The topological polar surface area (TPSA) is 58.4 Å². The lowest BCUT2D eigenvalue weighted by molar-refractivity contribution is 0.0744. The summed E-state index contributed by atoms with van der Waals surface area (Å²) >= 11 is 1.66. The number of likely N-dealkylation sites (N-methyl/N-ethyl adjacent to an activating group) is 1. The molecule has 0 bridgehead atoms. The SMILES string of the molecule is CC(Cc1cccs1)N(C)C(=O)c1cccc(F)c1NN. The molecule has 1 aromatic carbocycles. The van der Waals surface area contributed by atoms with Gasteiger partial charge in [0, 0.05) is 24.4 Å². The third-order valence-electron chi connectivity index (χ3n) is 3.45. The molecule has 1 amide bonds. The largest absolute Gasteiger partial charge is 0.339 e. The van der Waals surface area contributed by atoms with Crippen LogP contribution in [0.25, 0.3) is 0 Å². The maximum absolute atomic E-state index is 13.7. The molecule has 21 heavy (non-hydrogen) atoms. The summed E-state index contributed by atoms with van der Waals surface area (Å²) in [6.45, 7) is 1.96. The zero-order valence-corrected chi connectivity index (χ0v) is 12.8. The number of carbonyl (C=O) groups excluding carboxylic acids is 1. The van der Waals surface area contributed by atoms with Gasteiger partial charge in [-0.1, -0.05) is 12.1 Å². The van der Waals surface area contributed by atoms with E-state index < -0.39 is 5.82 Å². The number of para-hydroxylation sites is 1. The zero-order chi connectivity index (χ0) is 15.4. The summed E-state index contributed by atoms with van der Waals surface area (Å²) in [6.07, 6.45) is 0.764. The number of thiophene rings is 1. The highest BCUT2D eigenvalue weighted by atomic mass is 32.1. The molecule has 0 saturated heterocycles. The van der Waals surface area contributed by atoms with Gasteiger partial charge in [-0.3, -0.25) is 10.6 Å². The van der Waals surface area contributed by atoms with Crippen LogP contribution in [0.4, 0.5) is 10.1 Å². The number of amides is 1. The summed E-state index contributed by atoms with van der Waals surface area (Å²) in [5.41, 5.74) is 2.52. The van der Waals surface area contributed by atoms with Crippen LogP contribution in [0.2, 0.25) is 0 Å². The molecule has 0 saturated carbocycles. The number of nitrogen functional groups attached to an aromatic ring is 1. The monoisotopic (exact) mass is 307 g/mol. The smallest absolute Gasteiger partial charge is 0.256 e. The van der Waals surface area contributed by atoms with Crippen LogP contribution in [0.15, 0.2) is 35.7 Å². The van der Waals surface area contributed by atoms with Crippen molar-refractivity contribution in [3.8, 4) is 0 Å². The van der Waals surface area contributed by atoms with Crippen molar-refractivity contribution in [1.29, 1.82) is 0 Å². The molecule has 0 radical (unpaired) electrons. The van der Waals surface area contributed by atoms with Crippen molar-refractivity contribution in [1.82, 2.24) is 4.90 Å². The predicted molar refractivity (Wildman–Crippen MR) is 83.8 cm³/mol. The molecule has 0 aliphatic rings. The third-order valence-corrected chi connectivity index (χ3v) is 4.35. The second-order valence-electron chi connectivity index (χ2n) is 4.86. The van der Waals surface area contributed by atoms with Crippen LogP contribution in [0.1, 0.15) is 22.2 Å². The molecule has 2 rings (SSSR count). The summed E-state index contributed by atoms with van der Waals surface area (Å²) in [5.74, 6) is 4.52. The van der Waals surface area contributed by atoms with Crippen LogP contribution in [-0.4, -0.2) is 23.9 Å². The number of hydrogen-bond acceptors (Lipinski definition) is 4. The molecule has 6 heteroatoms. The van der Waals surface area contributed by atoms with Crippen molar-refractivity contribution in [3.63, 3.8) is 0 Å². The molecule has 0 aliphatic heterocycles. The van der Waals surface area contributed by atoms with Crippen molar-refractivity contribution < 1.29 is 9.18 Å². The number of hydrogen-bond donors (Lipinski definition) is 2. The Kier molecular flexibility index (Phi) is 4.93. The third kappa shape index (κ3) is 3.40. The van der Waals surface area contributed by atoms with Gasteiger partial charge in [-0.25, -0.2) is 4.39 Å². The average molecular weight is 307 g/mol. The van der Waals surface area contributed by atoms with Crippen LogP contribution in [0, 0.1) is 5.82 Å². The van der Waals surface area contributed by atoms with Gasteiger partial charge in [-0.2, -0.15) is 0 Å². The Labute approximate surface area is 127 Å². The second-order valence-corrected chi connectivity index (χ2v) is 5.89. The van der Waals surface area contributed by atoms with Crippen molar-refractivity contribution in [2.75, 3.05) is 12.5 Å². The fourth-order valence-corrected chi connectivity index (χ4v) is 2.92. The van der Waals surface area contributed by atoms with E-state index in [0.717, 1.165) is 6.42 Å². The van der Waals surface area contributed by atoms with Crippen LogP contribution < -0.4 is 11.3 Å². The molecule has 0 spiro atoms. The van der Waals surface area contributed by atoms with Crippen LogP contribution in [0.3, 0.4) is 0 Å². The summed E-state index contributed by atoms with van der Waals surface area (Å²) in [6, 6.07) is 8.36. The van der Waals surface area contributed by atoms with Crippen LogP contribution in [-0.2, 0) is 6.42 Å². The number of halogens is 1. The number of nitrogens with two attached hydrogens (primary N) is 1. The maximum atomic E-state index is 13.7. The summed E-state index contributed by atoms with van der Waals surface area (Å²) in [4.78, 5) is 15.3. The first-order valence-electron chi connectivity index (χ1n) is 6.59. The second kappa shape index (κ2) is 6.69. The van der Waals surface area contributed by atoms with Crippen LogP contribution >= 0.6 is 11.3 Å². The summed E-state index contributed by atoms with van der Waals surface area (Å²) < 4.78 is 13.7. The van der Waals surface area contributed by atoms with E-state index in [1.54, 1.807) is 29.4 Å². The molecule has 1 heterocycles. The first kappa shape index (κ1) is 15.5. The molecule has 112 valence electrons. The number of nitrogens with one attached hydrogen (secondary N) is 1. The number of nitrogens with zero attached hydrogens (tertiary/aromatic N) is 1. The van der Waals surface area contributed by atoms with E-state index in [-0.39, 0.29) is 23.2 Å². The Morgan fingerprint density at radius 1 is 1.43 bits per heavy atom. The lowest BCUT2D eigenvalue weighted by Crippen LogP contribution is -2.37. The molecule has 0 fully saturated rings. The minimum atomic E-state index is -0.539. The minimum Gasteiger partial charge on any atom is -0.339 e. The number of benzene rings is 1. The summed E-state index contributed by atoms with van der Waals surface area (Å²) in [7, 11) is 1.71. The average Bonchev–Trinajstić information content (AvgIpc) is 2.98. The van der Waals surface area contributed by atoms with Gasteiger partial charge in [0.1, 0.15) is 5.82 Å². The quantitative estimate of drug-likeness (QED) is 0.659. The van der Waals surface area contributed by atoms with E-state index in [4.69, 9.17) is 5.84 Å². The van der Waals surface area contributed by atoms with Crippen molar-refractivity contribution in [2.45, 2.75) is 19.4 Å². The van der Waals surface area contributed by atoms with Gasteiger partial charge in [-0.05, 0) is 30.5 Å². The molecule has 3 N–H and O–H groups in total. The van der Waals surface area contributed by atoms with Crippen molar-refractivity contribution >= 4 is 22.9 Å². The van der Waals surface area contributed by atoms with Crippen LogP contribution in [0.5, 0.6) is 0 Å².